The molecular weight excluding hydrogens is 270 g/mol. The van der Waals surface area contributed by atoms with Gasteiger partial charge in [0.1, 0.15) is 6.10 Å². The number of hydrogen-bond acceptors (Lipinski definition) is 3. The predicted octanol–water partition coefficient (Wildman–Crippen LogP) is 3.54. The summed E-state index contributed by atoms with van der Waals surface area (Å²) in [7, 11) is 1.78. The van der Waals surface area contributed by atoms with Gasteiger partial charge in [-0.05, 0) is 41.8 Å². The van der Waals surface area contributed by atoms with Gasteiger partial charge in [-0.3, -0.25) is 0 Å². The number of rotatable bonds is 5. The molecule has 1 N–H and O–H groups in total. The smallest absolute Gasteiger partial charge is 0.257 e. The topological polar surface area (TPSA) is 30.5 Å². The maximum atomic E-state index is 5.92. The van der Waals surface area contributed by atoms with Crippen molar-refractivity contribution < 1.29 is 9.47 Å². The first kappa shape index (κ1) is 17.4. The molecule has 0 aromatic heterocycles. The fraction of sp³-hybridized carbons (Fsp3) is 0.812. The SMILES string of the molecule is C=CCNC(=S)OC1CC(C)(C)C(COC)C(C)(C)C1. The number of thiocarbonyl (C=S) groups is 1. The minimum Gasteiger partial charge on any atom is -0.468 e. The van der Waals surface area contributed by atoms with Crippen LogP contribution in [0.3, 0.4) is 0 Å². The molecule has 0 atom stereocenters. The molecule has 0 aromatic rings. The van der Waals surface area contributed by atoms with E-state index in [0.717, 1.165) is 19.4 Å². The molecule has 0 radical (unpaired) electrons. The summed E-state index contributed by atoms with van der Waals surface area (Å²) in [5, 5.41) is 3.52. The van der Waals surface area contributed by atoms with Crippen LogP contribution in [0.2, 0.25) is 0 Å². The molecule has 0 aromatic carbocycles. The molecule has 0 saturated heterocycles. The van der Waals surface area contributed by atoms with Crippen molar-refractivity contribution in [3.8, 4) is 0 Å². The van der Waals surface area contributed by atoms with Crippen molar-refractivity contribution in [3.63, 3.8) is 0 Å². The van der Waals surface area contributed by atoms with Gasteiger partial charge in [-0.1, -0.05) is 33.8 Å². The van der Waals surface area contributed by atoms with Crippen LogP contribution in [0.4, 0.5) is 0 Å². The standard InChI is InChI=1S/C16H29NO2S/c1-7-8-17-14(20)19-12-9-15(2,3)13(11-18-6)16(4,5)10-12/h7,12-13H,1,8-11H2,2-6H3,(H,17,20). The van der Waals surface area contributed by atoms with Gasteiger partial charge in [-0.15, -0.1) is 6.58 Å². The molecule has 20 heavy (non-hydrogen) atoms. The van der Waals surface area contributed by atoms with Crippen molar-refractivity contribution in [3.05, 3.63) is 12.7 Å². The van der Waals surface area contributed by atoms with Gasteiger partial charge in [0.2, 0.25) is 0 Å². The van der Waals surface area contributed by atoms with Gasteiger partial charge < -0.3 is 14.8 Å². The molecule has 1 rings (SSSR count). The summed E-state index contributed by atoms with van der Waals surface area (Å²) in [6.07, 6.45) is 3.94. The minimum absolute atomic E-state index is 0.165. The van der Waals surface area contributed by atoms with E-state index in [4.69, 9.17) is 21.7 Å². The number of nitrogens with one attached hydrogen (secondary N) is 1. The van der Waals surface area contributed by atoms with Crippen LogP contribution >= 0.6 is 12.2 Å². The minimum atomic E-state index is 0.165. The third-order valence-electron chi connectivity index (χ3n) is 4.39. The van der Waals surface area contributed by atoms with E-state index in [1.165, 1.54) is 0 Å². The molecule has 3 nitrogen and oxygen atoms in total. The van der Waals surface area contributed by atoms with Crippen molar-refractivity contribution in [1.82, 2.24) is 5.32 Å². The molecule has 4 heteroatoms. The Bertz CT molecular complexity index is 334. The molecule has 0 spiro atoms. The Labute approximate surface area is 129 Å². The van der Waals surface area contributed by atoms with E-state index in [9.17, 15) is 0 Å². The van der Waals surface area contributed by atoms with Crippen molar-refractivity contribution in [2.75, 3.05) is 20.3 Å². The molecule has 0 heterocycles. The van der Waals surface area contributed by atoms with E-state index in [0.29, 0.717) is 17.6 Å². The summed E-state index contributed by atoms with van der Waals surface area (Å²) in [6.45, 7) is 14.3. The Hall–Kier alpha value is -0.610. The number of ether oxygens (including phenoxy) is 2. The molecule has 1 saturated carbocycles. The molecule has 0 bridgehead atoms. The van der Waals surface area contributed by atoms with Gasteiger partial charge in [0.15, 0.2) is 0 Å². The molecule has 1 aliphatic rings. The fourth-order valence-corrected chi connectivity index (χ4v) is 3.86. The lowest BCUT2D eigenvalue weighted by Gasteiger charge is -2.51. The zero-order valence-corrected chi connectivity index (χ0v) is 14.3. The van der Waals surface area contributed by atoms with Crippen molar-refractivity contribution in [2.24, 2.45) is 16.7 Å². The molecule has 116 valence electrons. The van der Waals surface area contributed by atoms with E-state index in [1.54, 1.807) is 13.2 Å². The molecule has 1 aliphatic carbocycles. The maximum absolute atomic E-state index is 5.92. The summed E-state index contributed by atoms with van der Waals surface area (Å²) in [4.78, 5) is 0. The summed E-state index contributed by atoms with van der Waals surface area (Å²) in [5.74, 6) is 0.523. The third-order valence-corrected chi connectivity index (χ3v) is 4.63. The molecule has 1 fully saturated rings. The maximum Gasteiger partial charge on any atom is 0.257 e. The zero-order chi connectivity index (χ0) is 15.4. The summed E-state index contributed by atoms with van der Waals surface area (Å²) in [5.41, 5.74) is 0.354. The largest absolute Gasteiger partial charge is 0.468 e. The number of methoxy groups -OCH3 is 1. The Balaban J connectivity index is 2.71. The lowest BCUT2D eigenvalue weighted by molar-refractivity contribution is -0.0823. The lowest BCUT2D eigenvalue weighted by Crippen LogP contribution is -2.49. The second-order valence-electron chi connectivity index (χ2n) is 7.09. The lowest BCUT2D eigenvalue weighted by atomic mass is 9.56. The van der Waals surface area contributed by atoms with E-state index in [-0.39, 0.29) is 16.9 Å². The monoisotopic (exact) mass is 299 g/mol. The summed E-state index contributed by atoms with van der Waals surface area (Å²) < 4.78 is 11.4. The highest BCUT2D eigenvalue weighted by molar-refractivity contribution is 7.80. The van der Waals surface area contributed by atoms with Crippen molar-refractivity contribution in [2.45, 2.75) is 46.6 Å². The highest BCUT2D eigenvalue weighted by atomic mass is 32.1. The van der Waals surface area contributed by atoms with Gasteiger partial charge in [0, 0.05) is 13.7 Å². The van der Waals surface area contributed by atoms with Crippen LogP contribution in [-0.4, -0.2) is 31.5 Å². The van der Waals surface area contributed by atoms with E-state index >= 15 is 0 Å². The highest BCUT2D eigenvalue weighted by Crippen LogP contribution is 2.51. The van der Waals surface area contributed by atoms with Gasteiger partial charge in [-0.2, -0.15) is 0 Å². The Kier molecular flexibility index (Phi) is 6.02. The predicted molar refractivity (Wildman–Crippen MR) is 87.8 cm³/mol. The Morgan fingerprint density at radius 1 is 1.30 bits per heavy atom. The summed E-state index contributed by atoms with van der Waals surface area (Å²) in [6, 6.07) is 0. The van der Waals surface area contributed by atoms with Crippen LogP contribution in [-0.2, 0) is 9.47 Å². The van der Waals surface area contributed by atoms with Crippen LogP contribution in [0.1, 0.15) is 40.5 Å². The van der Waals surface area contributed by atoms with Gasteiger partial charge in [0.25, 0.3) is 5.17 Å². The van der Waals surface area contributed by atoms with Crippen LogP contribution < -0.4 is 5.32 Å². The van der Waals surface area contributed by atoms with E-state index in [1.807, 2.05) is 0 Å². The van der Waals surface area contributed by atoms with Crippen LogP contribution in [0.15, 0.2) is 12.7 Å². The molecular formula is C16H29NO2S. The van der Waals surface area contributed by atoms with Gasteiger partial charge >= 0.3 is 0 Å². The summed E-state index contributed by atoms with van der Waals surface area (Å²) >= 11 is 5.23. The molecule has 0 amide bonds. The van der Waals surface area contributed by atoms with Crippen molar-refractivity contribution >= 4 is 17.4 Å². The first-order valence-corrected chi connectivity index (χ1v) is 7.68. The van der Waals surface area contributed by atoms with Crippen molar-refractivity contribution in [1.29, 1.82) is 0 Å². The van der Waals surface area contributed by atoms with Gasteiger partial charge in [0.05, 0.1) is 6.61 Å². The molecule has 0 unspecified atom stereocenters. The Morgan fingerprint density at radius 2 is 1.85 bits per heavy atom. The van der Waals surface area contributed by atoms with Gasteiger partial charge in [-0.25, -0.2) is 0 Å². The second kappa shape index (κ2) is 6.90. The fourth-order valence-electron chi connectivity index (χ4n) is 3.64. The van der Waals surface area contributed by atoms with Crippen LogP contribution in [0.25, 0.3) is 0 Å². The normalized spacial score (nSPS) is 27.6. The second-order valence-corrected chi connectivity index (χ2v) is 7.46. The zero-order valence-electron chi connectivity index (χ0n) is 13.5. The first-order valence-electron chi connectivity index (χ1n) is 7.27. The third kappa shape index (κ3) is 4.45. The highest BCUT2D eigenvalue weighted by Gasteiger charge is 2.48. The van der Waals surface area contributed by atoms with Crippen LogP contribution in [0.5, 0.6) is 0 Å². The Morgan fingerprint density at radius 3 is 2.30 bits per heavy atom. The van der Waals surface area contributed by atoms with E-state index in [2.05, 4.69) is 39.6 Å². The van der Waals surface area contributed by atoms with E-state index < -0.39 is 0 Å². The van der Waals surface area contributed by atoms with Crippen LogP contribution in [0, 0.1) is 16.7 Å². The average Bonchev–Trinajstić information content (AvgIpc) is 2.30. The first-order chi connectivity index (χ1) is 9.23. The average molecular weight is 299 g/mol. The quantitative estimate of drug-likeness (QED) is 0.621. The molecule has 0 aliphatic heterocycles. The number of hydrogen-bond donors (Lipinski definition) is 1.